The van der Waals surface area contributed by atoms with Gasteiger partial charge in [0.2, 0.25) is 5.89 Å². The first kappa shape index (κ1) is 17.2. The van der Waals surface area contributed by atoms with Crippen molar-refractivity contribution in [2.75, 3.05) is 26.2 Å². The smallest absolute Gasteiger partial charge is 0.376 e. The maximum Gasteiger partial charge on any atom is 0.455 e. The van der Waals surface area contributed by atoms with E-state index in [2.05, 4.69) is 14.7 Å². The lowest BCUT2D eigenvalue weighted by Crippen LogP contribution is -2.42. The zero-order valence-corrected chi connectivity index (χ0v) is 11.4. The van der Waals surface area contributed by atoms with Crippen LogP contribution in [0.3, 0.4) is 0 Å². The number of rotatable bonds is 4. The summed E-state index contributed by atoms with van der Waals surface area (Å²) in [5.41, 5.74) is 5.44. The summed E-state index contributed by atoms with van der Waals surface area (Å²) in [7, 11) is 0. The zero-order valence-electron chi connectivity index (χ0n) is 10.6. The number of hydrogen-bond acceptors (Lipinski definition) is 6. The number of alkyl halides is 3. The minimum atomic E-state index is -4.57. The first-order chi connectivity index (χ1) is 8.99. The van der Waals surface area contributed by atoms with Gasteiger partial charge in [-0.25, -0.2) is 0 Å². The van der Waals surface area contributed by atoms with Crippen molar-refractivity contribution < 1.29 is 22.4 Å². The molecule has 0 radical (unpaired) electrons. The fourth-order valence-electron chi connectivity index (χ4n) is 1.91. The second-order valence-electron chi connectivity index (χ2n) is 4.31. The number of nitrogens with two attached hydrogens (primary N) is 1. The SMILES string of the molecule is Cl.NCCC1CN(Cc2nc(C(F)(F)F)no2)CCO1. The van der Waals surface area contributed by atoms with Crippen molar-refractivity contribution >= 4 is 12.4 Å². The first-order valence-corrected chi connectivity index (χ1v) is 5.93. The van der Waals surface area contributed by atoms with Crippen LogP contribution in [-0.4, -0.2) is 47.4 Å². The molecule has 116 valence electrons. The molecule has 2 N–H and O–H groups in total. The Morgan fingerprint density at radius 2 is 2.15 bits per heavy atom. The molecule has 1 aromatic heterocycles. The quantitative estimate of drug-likeness (QED) is 0.895. The van der Waals surface area contributed by atoms with Crippen molar-refractivity contribution in [2.24, 2.45) is 5.73 Å². The van der Waals surface area contributed by atoms with Crippen LogP contribution in [-0.2, 0) is 17.5 Å². The standard InChI is InChI=1S/C10H15F3N4O2.ClH/c11-10(12,13)9-15-8(19-16-9)6-17-3-4-18-7(5-17)1-2-14;/h7H,1-6,14H2;1H. The van der Waals surface area contributed by atoms with E-state index < -0.39 is 12.0 Å². The van der Waals surface area contributed by atoms with E-state index in [-0.39, 0.29) is 30.9 Å². The normalized spacial score (nSPS) is 20.7. The van der Waals surface area contributed by atoms with Crippen LogP contribution >= 0.6 is 12.4 Å². The zero-order chi connectivity index (χ0) is 13.9. The Bertz CT molecular complexity index is 413. The highest BCUT2D eigenvalue weighted by molar-refractivity contribution is 5.85. The van der Waals surface area contributed by atoms with Crippen LogP contribution in [0, 0.1) is 0 Å². The molecule has 0 aliphatic carbocycles. The third kappa shape index (κ3) is 4.58. The Labute approximate surface area is 119 Å². The molecule has 1 unspecified atom stereocenters. The Morgan fingerprint density at radius 1 is 1.40 bits per heavy atom. The number of ether oxygens (including phenoxy) is 1. The Kier molecular flexibility index (Phi) is 6.18. The van der Waals surface area contributed by atoms with E-state index in [9.17, 15) is 13.2 Å². The maximum absolute atomic E-state index is 12.3. The van der Waals surface area contributed by atoms with Gasteiger partial charge in [0.25, 0.3) is 5.82 Å². The molecule has 1 atom stereocenters. The van der Waals surface area contributed by atoms with Crippen LogP contribution in [0.2, 0.25) is 0 Å². The minimum absolute atomic E-state index is 0. The predicted octanol–water partition coefficient (Wildman–Crippen LogP) is 1.06. The summed E-state index contributed by atoms with van der Waals surface area (Å²) in [5, 5.41) is 2.92. The van der Waals surface area contributed by atoms with Gasteiger partial charge in [0.1, 0.15) is 0 Å². The van der Waals surface area contributed by atoms with Crippen LogP contribution in [0.15, 0.2) is 4.52 Å². The molecule has 0 saturated carbocycles. The maximum atomic E-state index is 12.3. The third-order valence-corrected chi connectivity index (χ3v) is 2.79. The number of aromatic nitrogens is 2. The van der Waals surface area contributed by atoms with E-state index in [0.29, 0.717) is 32.7 Å². The van der Waals surface area contributed by atoms with E-state index >= 15 is 0 Å². The van der Waals surface area contributed by atoms with Gasteiger partial charge >= 0.3 is 6.18 Å². The van der Waals surface area contributed by atoms with E-state index in [1.54, 1.807) is 0 Å². The van der Waals surface area contributed by atoms with Crippen LogP contribution in [0.1, 0.15) is 18.1 Å². The molecule has 0 spiro atoms. The van der Waals surface area contributed by atoms with Gasteiger partial charge in [-0.05, 0) is 13.0 Å². The molecule has 0 aromatic carbocycles. The fourth-order valence-corrected chi connectivity index (χ4v) is 1.91. The van der Waals surface area contributed by atoms with Crippen LogP contribution in [0.4, 0.5) is 13.2 Å². The third-order valence-electron chi connectivity index (χ3n) is 2.79. The average Bonchev–Trinajstić information content (AvgIpc) is 2.78. The second kappa shape index (κ2) is 7.21. The molecular weight excluding hydrogens is 301 g/mol. The molecule has 1 aliphatic heterocycles. The van der Waals surface area contributed by atoms with Crippen LogP contribution < -0.4 is 5.73 Å². The highest BCUT2D eigenvalue weighted by Crippen LogP contribution is 2.26. The second-order valence-corrected chi connectivity index (χ2v) is 4.31. The number of morpholine rings is 1. The van der Waals surface area contributed by atoms with Gasteiger partial charge in [-0.1, -0.05) is 5.16 Å². The predicted molar refractivity (Wildman–Crippen MR) is 65.2 cm³/mol. The van der Waals surface area contributed by atoms with Gasteiger partial charge in [-0.2, -0.15) is 18.2 Å². The van der Waals surface area contributed by atoms with Crippen molar-refractivity contribution in [3.8, 4) is 0 Å². The van der Waals surface area contributed by atoms with Crippen molar-refractivity contribution in [3.05, 3.63) is 11.7 Å². The molecule has 1 aliphatic rings. The van der Waals surface area contributed by atoms with Gasteiger partial charge in [0.05, 0.1) is 19.3 Å². The lowest BCUT2D eigenvalue weighted by atomic mass is 10.2. The average molecular weight is 317 g/mol. The molecule has 2 rings (SSSR count). The van der Waals surface area contributed by atoms with Crippen molar-refractivity contribution in [3.63, 3.8) is 0 Å². The molecule has 0 bridgehead atoms. The lowest BCUT2D eigenvalue weighted by molar-refractivity contribution is -0.146. The van der Waals surface area contributed by atoms with E-state index in [1.165, 1.54) is 0 Å². The summed E-state index contributed by atoms with van der Waals surface area (Å²) in [6, 6.07) is 0. The van der Waals surface area contributed by atoms with Gasteiger partial charge in [0, 0.05) is 13.1 Å². The summed E-state index contributed by atoms with van der Waals surface area (Å²) in [5.74, 6) is -1.28. The van der Waals surface area contributed by atoms with Crippen LogP contribution in [0.25, 0.3) is 0 Å². The summed E-state index contributed by atoms with van der Waals surface area (Å²) >= 11 is 0. The van der Waals surface area contributed by atoms with E-state index in [4.69, 9.17) is 10.5 Å². The number of nitrogens with zero attached hydrogens (tertiary/aromatic N) is 3. The monoisotopic (exact) mass is 316 g/mol. The highest BCUT2D eigenvalue weighted by Gasteiger charge is 2.37. The summed E-state index contributed by atoms with van der Waals surface area (Å²) in [6.07, 6.45) is -3.85. The molecule has 2 heterocycles. The van der Waals surface area contributed by atoms with Gasteiger partial charge in [-0.15, -0.1) is 12.4 Å². The Hall–Kier alpha value is -0.900. The molecule has 0 amide bonds. The summed E-state index contributed by atoms with van der Waals surface area (Å²) in [4.78, 5) is 5.25. The topological polar surface area (TPSA) is 77.4 Å². The fraction of sp³-hybridized carbons (Fsp3) is 0.800. The lowest BCUT2D eigenvalue weighted by Gasteiger charge is -2.31. The summed E-state index contributed by atoms with van der Waals surface area (Å²) < 4.78 is 47.0. The molecule has 6 nitrogen and oxygen atoms in total. The van der Waals surface area contributed by atoms with Gasteiger partial charge in [-0.3, -0.25) is 4.90 Å². The molecule has 1 fully saturated rings. The Morgan fingerprint density at radius 3 is 2.75 bits per heavy atom. The van der Waals surface area contributed by atoms with Crippen molar-refractivity contribution in [1.29, 1.82) is 0 Å². The molecule has 1 aromatic rings. The number of halogens is 4. The molecule has 10 heteroatoms. The summed E-state index contributed by atoms with van der Waals surface area (Å²) in [6.45, 7) is 2.43. The Balaban J connectivity index is 0.00000200. The largest absolute Gasteiger partial charge is 0.455 e. The van der Waals surface area contributed by atoms with Crippen LogP contribution in [0.5, 0.6) is 0 Å². The highest BCUT2D eigenvalue weighted by atomic mass is 35.5. The van der Waals surface area contributed by atoms with E-state index in [0.717, 1.165) is 0 Å². The molecule has 20 heavy (non-hydrogen) atoms. The van der Waals surface area contributed by atoms with Crippen molar-refractivity contribution in [1.82, 2.24) is 15.0 Å². The number of hydrogen-bond donors (Lipinski definition) is 1. The minimum Gasteiger partial charge on any atom is -0.376 e. The molecule has 1 saturated heterocycles. The van der Waals surface area contributed by atoms with Crippen molar-refractivity contribution in [2.45, 2.75) is 25.2 Å². The van der Waals surface area contributed by atoms with E-state index in [1.807, 2.05) is 4.90 Å². The van der Waals surface area contributed by atoms with Gasteiger partial charge < -0.3 is 15.0 Å². The van der Waals surface area contributed by atoms with Gasteiger partial charge in [0.15, 0.2) is 0 Å². The molecular formula is C10H16ClF3N4O2. The first-order valence-electron chi connectivity index (χ1n) is 5.93.